The number of likely N-dealkylation sites (N-methyl/N-ethyl adjacent to an activating group) is 1. The molecule has 170 valence electrons. The largest absolute Gasteiger partial charge is 0.490 e. The molecule has 2 heterocycles. The van der Waals surface area contributed by atoms with Crippen molar-refractivity contribution in [2.75, 3.05) is 40.4 Å². The van der Waals surface area contributed by atoms with Crippen molar-refractivity contribution in [1.82, 2.24) is 9.80 Å². The van der Waals surface area contributed by atoms with Gasteiger partial charge in [0.1, 0.15) is 6.61 Å². The van der Waals surface area contributed by atoms with Crippen LogP contribution >= 0.6 is 11.3 Å². The van der Waals surface area contributed by atoms with E-state index in [4.69, 9.17) is 14.6 Å². The van der Waals surface area contributed by atoms with E-state index >= 15 is 0 Å². The smallest absolute Gasteiger partial charge is 0.475 e. The van der Waals surface area contributed by atoms with E-state index in [1.807, 2.05) is 11.3 Å². The maximum atomic E-state index is 11.7. The first-order chi connectivity index (χ1) is 13.9. The average molecular weight is 451 g/mol. The number of carboxylic acid groups (broad SMARTS) is 1. The van der Waals surface area contributed by atoms with Crippen molar-refractivity contribution < 1.29 is 32.6 Å². The number of carboxylic acids is 1. The van der Waals surface area contributed by atoms with E-state index in [1.165, 1.54) is 35.6 Å². The van der Waals surface area contributed by atoms with Crippen molar-refractivity contribution in [3.63, 3.8) is 0 Å². The molecule has 1 aliphatic carbocycles. The van der Waals surface area contributed by atoms with Gasteiger partial charge in [0.2, 0.25) is 5.91 Å². The Morgan fingerprint density at radius 2 is 2.03 bits per heavy atom. The van der Waals surface area contributed by atoms with E-state index < -0.39 is 12.1 Å². The summed E-state index contributed by atoms with van der Waals surface area (Å²) in [5.74, 6) is -1.97. The summed E-state index contributed by atoms with van der Waals surface area (Å²) in [5.41, 5.74) is 0.277. The molecular formula is C20H29F3N2O4S. The van der Waals surface area contributed by atoms with Gasteiger partial charge in [-0.15, -0.1) is 11.3 Å². The molecule has 1 saturated carbocycles. The summed E-state index contributed by atoms with van der Waals surface area (Å²) >= 11 is 1.90. The number of fused-ring (bicyclic) bond motifs is 1. The van der Waals surface area contributed by atoms with Crippen molar-refractivity contribution in [3.8, 4) is 0 Å². The fourth-order valence-corrected chi connectivity index (χ4v) is 5.08. The molecule has 0 unspecified atom stereocenters. The maximum absolute atomic E-state index is 11.7. The van der Waals surface area contributed by atoms with Crippen LogP contribution in [-0.2, 0) is 20.9 Å². The van der Waals surface area contributed by atoms with Crippen LogP contribution in [0.1, 0.15) is 29.0 Å². The first-order valence-electron chi connectivity index (χ1n) is 9.78. The third-order valence-corrected chi connectivity index (χ3v) is 6.63. The summed E-state index contributed by atoms with van der Waals surface area (Å²) in [6, 6.07) is 4.47. The minimum atomic E-state index is -5.08. The molecule has 0 spiro atoms. The molecule has 0 aromatic carbocycles. The summed E-state index contributed by atoms with van der Waals surface area (Å²) in [4.78, 5) is 27.6. The van der Waals surface area contributed by atoms with Gasteiger partial charge in [0, 0.05) is 48.9 Å². The predicted octanol–water partition coefficient (Wildman–Crippen LogP) is 3.40. The minimum Gasteiger partial charge on any atom is -0.475 e. The van der Waals surface area contributed by atoms with E-state index in [9.17, 15) is 18.0 Å². The SMILES string of the molecule is Cc1ccc(CN2C[C@H]3CCC[C@@]3(COCC(=O)N(C)C)C2)s1.O=C(O)C(F)(F)F. The zero-order valence-corrected chi connectivity index (χ0v) is 18.3. The van der Waals surface area contributed by atoms with Crippen molar-refractivity contribution in [2.24, 2.45) is 11.3 Å². The quantitative estimate of drug-likeness (QED) is 0.720. The number of aryl methyl sites for hydroxylation is 1. The Hall–Kier alpha value is -1.65. The lowest BCUT2D eigenvalue weighted by atomic mass is 9.82. The Kier molecular flexibility index (Phi) is 8.29. The second-order valence-electron chi connectivity index (χ2n) is 8.22. The number of aliphatic carboxylic acids is 1. The molecule has 2 atom stereocenters. The number of thiophene rings is 1. The molecular weight excluding hydrogens is 421 g/mol. The number of ether oxygens (including phenoxy) is 1. The second kappa shape index (κ2) is 10.1. The van der Waals surface area contributed by atoms with Crippen LogP contribution in [0.15, 0.2) is 12.1 Å². The molecule has 10 heteroatoms. The molecule has 6 nitrogen and oxygen atoms in total. The van der Waals surface area contributed by atoms with Gasteiger partial charge in [0.15, 0.2) is 0 Å². The number of hydrogen-bond acceptors (Lipinski definition) is 5. The van der Waals surface area contributed by atoms with Crippen molar-refractivity contribution >= 4 is 23.2 Å². The van der Waals surface area contributed by atoms with Crippen molar-refractivity contribution in [3.05, 3.63) is 21.9 Å². The molecule has 0 bridgehead atoms. The maximum Gasteiger partial charge on any atom is 0.490 e. The highest BCUT2D eigenvalue weighted by Gasteiger charge is 2.49. The fraction of sp³-hybridized carbons (Fsp3) is 0.700. The zero-order chi connectivity index (χ0) is 22.5. The average Bonchev–Trinajstić information content (AvgIpc) is 3.29. The number of carbonyl (C=O) groups is 2. The minimum absolute atomic E-state index is 0.0554. The third kappa shape index (κ3) is 6.68. The van der Waals surface area contributed by atoms with E-state index in [2.05, 4.69) is 24.0 Å². The van der Waals surface area contributed by atoms with Crippen molar-refractivity contribution in [1.29, 1.82) is 0 Å². The summed E-state index contributed by atoms with van der Waals surface area (Å²) in [6.07, 6.45) is -1.22. The van der Waals surface area contributed by atoms with Crippen LogP contribution in [0, 0.1) is 18.3 Å². The van der Waals surface area contributed by atoms with Crippen LogP contribution in [-0.4, -0.2) is 73.4 Å². The number of likely N-dealkylation sites (tertiary alicyclic amines) is 1. The Morgan fingerprint density at radius 3 is 2.57 bits per heavy atom. The lowest BCUT2D eigenvalue weighted by Gasteiger charge is -2.29. The number of carbonyl (C=O) groups excluding carboxylic acids is 1. The fourth-order valence-electron chi connectivity index (χ4n) is 4.14. The summed E-state index contributed by atoms with van der Waals surface area (Å²) in [7, 11) is 3.56. The molecule has 1 N–H and O–H groups in total. The molecule has 1 saturated heterocycles. The Labute approximate surface area is 178 Å². The lowest BCUT2D eigenvalue weighted by Crippen LogP contribution is -2.34. The molecule has 1 aromatic rings. The van der Waals surface area contributed by atoms with Crippen LogP contribution in [0.2, 0.25) is 0 Å². The van der Waals surface area contributed by atoms with Crippen LogP contribution in [0.4, 0.5) is 13.2 Å². The summed E-state index contributed by atoms with van der Waals surface area (Å²) in [6.45, 7) is 6.48. The molecule has 3 rings (SSSR count). The number of rotatable bonds is 6. The summed E-state index contributed by atoms with van der Waals surface area (Å²) < 4.78 is 37.6. The normalized spacial score (nSPS) is 23.6. The van der Waals surface area contributed by atoms with Crippen LogP contribution in [0.25, 0.3) is 0 Å². The number of alkyl halides is 3. The van der Waals surface area contributed by atoms with Gasteiger partial charge in [-0.05, 0) is 37.8 Å². The van der Waals surface area contributed by atoms with Crippen LogP contribution in [0.5, 0.6) is 0 Å². The molecule has 0 radical (unpaired) electrons. The zero-order valence-electron chi connectivity index (χ0n) is 17.5. The number of nitrogens with zero attached hydrogens (tertiary/aromatic N) is 2. The Bertz CT molecular complexity index is 738. The standard InChI is InChI=1S/C18H28N2O2S.C2HF3O2/c1-14-6-7-16(23-14)10-20-9-15-5-4-8-18(15,12-20)13-22-11-17(21)19(2)3;3-2(4,5)1(6)7/h6-7,15H,4-5,8-13H2,1-3H3;(H,6,7)/t15-,18+;/m1./s1. The number of halogens is 3. The summed E-state index contributed by atoms with van der Waals surface area (Å²) in [5, 5.41) is 7.12. The first-order valence-corrected chi connectivity index (χ1v) is 10.6. The molecule has 1 aromatic heterocycles. The highest BCUT2D eigenvalue weighted by molar-refractivity contribution is 7.11. The van der Waals surface area contributed by atoms with Gasteiger partial charge in [0.05, 0.1) is 6.61 Å². The van der Waals surface area contributed by atoms with Crippen LogP contribution in [0.3, 0.4) is 0 Å². The van der Waals surface area contributed by atoms with E-state index in [0.29, 0.717) is 0 Å². The molecule has 1 aliphatic heterocycles. The van der Waals surface area contributed by atoms with Gasteiger partial charge >= 0.3 is 12.1 Å². The van der Waals surface area contributed by atoms with E-state index in [0.717, 1.165) is 25.6 Å². The highest BCUT2D eigenvalue weighted by Crippen LogP contribution is 2.49. The van der Waals surface area contributed by atoms with Crippen molar-refractivity contribution in [2.45, 2.75) is 38.9 Å². The topological polar surface area (TPSA) is 70.1 Å². The van der Waals surface area contributed by atoms with Gasteiger partial charge in [-0.2, -0.15) is 13.2 Å². The molecule has 1 amide bonds. The highest BCUT2D eigenvalue weighted by atomic mass is 32.1. The van der Waals surface area contributed by atoms with Gasteiger partial charge in [-0.25, -0.2) is 4.79 Å². The molecule has 2 aliphatic rings. The van der Waals surface area contributed by atoms with Gasteiger partial charge in [-0.1, -0.05) is 6.42 Å². The Morgan fingerprint density at radius 1 is 1.37 bits per heavy atom. The second-order valence-corrected chi connectivity index (χ2v) is 9.59. The lowest BCUT2D eigenvalue weighted by molar-refractivity contribution is -0.192. The number of hydrogen-bond donors (Lipinski definition) is 1. The van der Waals surface area contributed by atoms with Gasteiger partial charge in [-0.3, -0.25) is 9.69 Å². The number of amides is 1. The monoisotopic (exact) mass is 450 g/mol. The Balaban J connectivity index is 0.000000396. The van der Waals surface area contributed by atoms with E-state index in [-0.39, 0.29) is 17.9 Å². The molecule has 30 heavy (non-hydrogen) atoms. The van der Waals surface area contributed by atoms with Gasteiger partial charge in [0.25, 0.3) is 0 Å². The van der Waals surface area contributed by atoms with E-state index in [1.54, 1.807) is 19.0 Å². The third-order valence-electron chi connectivity index (χ3n) is 5.64. The predicted molar refractivity (Wildman–Crippen MR) is 107 cm³/mol. The van der Waals surface area contributed by atoms with Gasteiger partial charge < -0.3 is 14.7 Å². The first kappa shape index (κ1) is 24.6. The molecule has 2 fully saturated rings. The van der Waals surface area contributed by atoms with Crippen LogP contribution < -0.4 is 0 Å².